The molecule has 0 bridgehead atoms. The summed E-state index contributed by atoms with van der Waals surface area (Å²) in [4.78, 5) is 16.5. The largest absolute Gasteiger partial charge is 0.491 e. The second kappa shape index (κ2) is 9.11. The number of aliphatic imine (C=N–C) groups is 1. The normalized spacial score (nSPS) is 15.1. The van der Waals surface area contributed by atoms with Crippen LogP contribution in [-0.4, -0.2) is 18.5 Å². The van der Waals surface area contributed by atoms with Gasteiger partial charge in [0.15, 0.2) is 5.70 Å². The van der Waals surface area contributed by atoms with Gasteiger partial charge in [0.25, 0.3) is 0 Å². The highest BCUT2D eigenvalue weighted by Crippen LogP contribution is 2.31. The van der Waals surface area contributed by atoms with E-state index in [1.807, 2.05) is 12.1 Å². The number of nitrogens with zero attached hydrogens (tertiary/aromatic N) is 1. The van der Waals surface area contributed by atoms with Crippen molar-refractivity contribution in [2.75, 3.05) is 6.61 Å². The third-order valence-corrected chi connectivity index (χ3v) is 5.90. The van der Waals surface area contributed by atoms with Gasteiger partial charge in [-0.1, -0.05) is 30.1 Å². The van der Waals surface area contributed by atoms with Crippen molar-refractivity contribution in [3.63, 3.8) is 0 Å². The highest BCUT2D eigenvalue weighted by atomic mass is 127. The molecule has 0 atom stereocenters. The fourth-order valence-electron chi connectivity index (χ4n) is 2.32. The van der Waals surface area contributed by atoms with Crippen LogP contribution in [0.4, 0.5) is 0 Å². The van der Waals surface area contributed by atoms with Crippen LogP contribution in [0, 0.1) is 7.14 Å². The van der Waals surface area contributed by atoms with Crippen molar-refractivity contribution in [2.24, 2.45) is 4.99 Å². The van der Waals surface area contributed by atoms with Gasteiger partial charge in [-0.3, -0.25) is 0 Å². The van der Waals surface area contributed by atoms with E-state index in [1.165, 1.54) is 0 Å². The Morgan fingerprint density at radius 2 is 1.85 bits per heavy atom. The van der Waals surface area contributed by atoms with Crippen molar-refractivity contribution < 1.29 is 14.3 Å². The molecule has 0 radical (unpaired) electrons. The minimum Gasteiger partial charge on any atom is -0.491 e. The van der Waals surface area contributed by atoms with E-state index in [9.17, 15) is 4.79 Å². The first kappa shape index (κ1) is 20.9. The Morgan fingerprint density at radius 3 is 2.48 bits per heavy atom. The first-order valence-corrected chi connectivity index (χ1v) is 10.9. The van der Waals surface area contributed by atoms with E-state index >= 15 is 0 Å². The number of ether oxygens (including phenoxy) is 2. The minimum atomic E-state index is -0.507. The molecule has 1 aliphatic heterocycles. The maximum Gasteiger partial charge on any atom is 0.363 e. The van der Waals surface area contributed by atoms with Crippen LogP contribution < -0.4 is 4.74 Å². The zero-order chi connectivity index (χ0) is 19.6. The van der Waals surface area contributed by atoms with Gasteiger partial charge in [-0.2, -0.15) is 0 Å². The number of cyclic esters (lactones) is 1. The summed E-state index contributed by atoms with van der Waals surface area (Å²) in [6.07, 6.45) is 2.64. The Balaban J connectivity index is 1.91. The molecule has 8 heteroatoms. The predicted molar refractivity (Wildman–Crippen MR) is 125 cm³/mol. The third kappa shape index (κ3) is 4.96. The van der Waals surface area contributed by atoms with E-state index < -0.39 is 5.97 Å². The van der Waals surface area contributed by atoms with Gasteiger partial charge in [-0.05, 0) is 93.6 Å². The Bertz CT molecular complexity index is 950. The second-order valence-corrected chi connectivity index (χ2v) is 8.77. The molecule has 0 unspecified atom stereocenters. The lowest BCUT2D eigenvalue weighted by Gasteiger charge is -2.10. The van der Waals surface area contributed by atoms with Crippen LogP contribution in [0.5, 0.6) is 5.75 Å². The molecule has 0 aliphatic carbocycles. The van der Waals surface area contributed by atoms with Crippen molar-refractivity contribution in [3.8, 4) is 5.75 Å². The van der Waals surface area contributed by atoms with Crippen molar-refractivity contribution in [3.05, 3.63) is 64.3 Å². The highest BCUT2D eigenvalue weighted by Gasteiger charge is 2.24. The van der Waals surface area contributed by atoms with Gasteiger partial charge >= 0.3 is 5.97 Å². The zero-order valence-corrected chi connectivity index (χ0v) is 19.9. The third-order valence-electron chi connectivity index (χ3n) is 3.56. The van der Waals surface area contributed by atoms with E-state index in [2.05, 4.69) is 57.1 Å². The first-order valence-electron chi connectivity index (χ1n) is 7.99. The van der Waals surface area contributed by atoms with Crippen LogP contribution in [0.1, 0.15) is 24.5 Å². The van der Waals surface area contributed by atoms with Crippen LogP contribution in [0.25, 0.3) is 6.08 Å². The Labute approximate surface area is 194 Å². The number of rotatable bonds is 5. The zero-order valence-electron chi connectivity index (χ0n) is 14.1. The molecule has 1 aliphatic rings. The standard InChI is InChI=1S/C19H13Cl2I2NO3/c1-2-5-26-17-14(22)6-10(7-15(17)23)8-16-19(25)27-18(24-16)11-3-4-12(20)13(21)9-11/h3-4,6-9H,2,5H2,1H3/b16-8-. The van der Waals surface area contributed by atoms with Gasteiger partial charge in [-0.15, -0.1) is 0 Å². The quantitative estimate of drug-likeness (QED) is 0.221. The molecule has 0 aromatic heterocycles. The molecule has 2 aromatic rings. The van der Waals surface area contributed by atoms with E-state index in [0.29, 0.717) is 22.2 Å². The summed E-state index contributed by atoms with van der Waals surface area (Å²) in [5, 5.41) is 0.799. The van der Waals surface area contributed by atoms with Crippen LogP contribution in [-0.2, 0) is 9.53 Å². The smallest absolute Gasteiger partial charge is 0.363 e. The van der Waals surface area contributed by atoms with Crippen LogP contribution >= 0.6 is 68.4 Å². The molecule has 3 rings (SSSR count). The molecule has 140 valence electrons. The molecule has 0 saturated heterocycles. The van der Waals surface area contributed by atoms with Gasteiger partial charge in [0.2, 0.25) is 5.90 Å². The van der Waals surface area contributed by atoms with Crippen LogP contribution in [0.15, 0.2) is 41.0 Å². The van der Waals surface area contributed by atoms with Crippen molar-refractivity contribution in [2.45, 2.75) is 13.3 Å². The fourth-order valence-corrected chi connectivity index (χ4v) is 4.75. The molecular weight excluding hydrogens is 615 g/mol. The molecule has 0 amide bonds. The molecule has 0 fully saturated rings. The van der Waals surface area contributed by atoms with Crippen molar-refractivity contribution in [1.29, 1.82) is 0 Å². The van der Waals surface area contributed by atoms with Crippen LogP contribution in [0.2, 0.25) is 10.0 Å². The monoisotopic (exact) mass is 627 g/mol. The number of esters is 1. The number of carbonyl (C=O) groups is 1. The van der Waals surface area contributed by atoms with Gasteiger partial charge in [0, 0.05) is 5.56 Å². The van der Waals surface area contributed by atoms with Gasteiger partial charge in [-0.25, -0.2) is 9.79 Å². The SMILES string of the molecule is CCCOc1c(I)cc(/C=C2\N=C(c3ccc(Cl)c(Cl)c3)OC2=O)cc1I. The van der Waals surface area contributed by atoms with E-state index in [1.54, 1.807) is 24.3 Å². The van der Waals surface area contributed by atoms with Crippen LogP contribution in [0.3, 0.4) is 0 Å². The van der Waals surface area contributed by atoms with Gasteiger partial charge < -0.3 is 9.47 Å². The molecule has 2 aromatic carbocycles. The number of halogens is 4. The maximum atomic E-state index is 12.2. The summed E-state index contributed by atoms with van der Waals surface area (Å²) in [6, 6.07) is 8.85. The number of hydrogen-bond acceptors (Lipinski definition) is 4. The van der Waals surface area contributed by atoms with Crippen molar-refractivity contribution in [1.82, 2.24) is 0 Å². The highest BCUT2D eigenvalue weighted by molar-refractivity contribution is 14.1. The Morgan fingerprint density at radius 1 is 1.15 bits per heavy atom. The minimum absolute atomic E-state index is 0.206. The van der Waals surface area contributed by atoms with E-state index in [4.69, 9.17) is 32.7 Å². The average Bonchev–Trinajstić information content (AvgIpc) is 2.97. The summed E-state index contributed by atoms with van der Waals surface area (Å²) in [7, 11) is 0. The number of hydrogen-bond donors (Lipinski definition) is 0. The van der Waals surface area contributed by atoms with Gasteiger partial charge in [0.1, 0.15) is 5.75 Å². The molecule has 4 nitrogen and oxygen atoms in total. The maximum absolute atomic E-state index is 12.2. The molecule has 0 spiro atoms. The van der Waals surface area contributed by atoms with E-state index in [-0.39, 0.29) is 11.6 Å². The fraction of sp³-hybridized carbons (Fsp3) is 0.158. The summed E-state index contributed by atoms with van der Waals surface area (Å²) < 4.78 is 13.0. The van der Waals surface area contributed by atoms with E-state index in [0.717, 1.165) is 24.9 Å². The molecule has 0 saturated carbocycles. The molecule has 1 heterocycles. The van der Waals surface area contributed by atoms with Crippen molar-refractivity contribution >= 4 is 86.3 Å². The number of benzene rings is 2. The number of carbonyl (C=O) groups excluding carboxylic acids is 1. The lowest BCUT2D eigenvalue weighted by atomic mass is 10.2. The lowest BCUT2D eigenvalue weighted by molar-refractivity contribution is -0.129. The topological polar surface area (TPSA) is 47.9 Å². The van der Waals surface area contributed by atoms with Gasteiger partial charge in [0.05, 0.1) is 23.8 Å². The Hall–Kier alpha value is -0.840. The summed E-state index contributed by atoms with van der Waals surface area (Å²) in [5.41, 5.74) is 1.66. The summed E-state index contributed by atoms with van der Waals surface area (Å²) >= 11 is 16.4. The predicted octanol–water partition coefficient (Wildman–Crippen LogP) is 6.34. The molecular formula is C19H13Cl2I2NO3. The Kier molecular flexibility index (Phi) is 7.04. The summed E-state index contributed by atoms with van der Waals surface area (Å²) in [6.45, 7) is 2.73. The lowest BCUT2D eigenvalue weighted by Crippen LogP contribution is -2.05. The summed E-state index contributed by atoms with van der Waals surface area (Å²) in [5.74, 6) is 0.554. The molecule has 27 heavy (non-hydrogen) atoms. The average molecular weight is 628 g/mol. The molecule has 0 N–H and O–H groups in total. The second-order valence-electron chi connectivity index (χ2n) is 5.63. The first-order chi connectivity index (χ1) is 12.9.